The maximum atomic E-state index is 12.1. The minimum atomic E-state index is -0.615. The molecule has 1 fully saturated rings. The van der Waals surface area contributed by atoms with Crippen LogP contribution in [-0.4, -0.2) is 48.2 Å². The summed E-state index contributed by atoms with van der Waals surface area (Å²) in [7, 11) is 0. The Kier molecular flexibility index (Phi) is 6.01. The largest absolute Gasteiger partial charge is 0.452 e. The van der Waals surface area contributed by atoms with Crippen molar-refractivity contribution < 1.29 is 23.9 Å². The molecule has 0 radical (unpaired) electrons. The van der Waals surface area contributed by atoms with Gasteiger partial charge in [0.15, 0.2) is 6.61 Å². The lowest BCUT2D eigenvalue weighted by molar-refractivity contribution is -0.133. The van der Waals surface area contributed by atoms with Gasteiger partial charge in [-0.15, -0.1) is 0 Å². The Balaban J connectivity index is 1.89. The molecule has 1 N–H and O–H groups in total. The average molecular weight is 348 g/mol. The molecule has 1 aliphatic rings. The quantitative estimate of drug-likeness (QED) is 0.846. The van der Waals surface area contributed by atoms with Gasteiger partial charge in [-0.1, -0.05) is 6.07 Å². The second-order valence-corrected chi connectivity index (χ2v) is 6.87. The number of amides is 2. The van der Waals surface area contributed by atoms with Gasteiger partial charge in [0, 0.05) is 18.8 Å². The van der Waals surface area contributed by atoms with Crippen LogP contribution in [-0.2, 0) is 14.3 Å². The number of hydrogen-bond donors (Lipinski definition) is 1. The van der Waals surface area contributed by atoms with Gasteiger partial charge in [-0.05, 0) is 51.8 Å². The summed E-state index contributed by atoms with van der Waals surface area (Å²) in [5, 5.41) is 2.56. The summed E-state index contributed by atoms with van der Waals surface area (Å²) in [5.41, 5.74) is 0.0497. The van der Waals surface area contributed by atoms with E-state index in [1.165, 1.54) is 6.07 Å². The Hall–Kier alpha value is -2.57. The maximum absolute atomic E-state index is 12.1. The van der Waals surface area contributed by atoms with Crippen molar-refractivity contribution in [3.8, 4) is 0 Å². The van der Waals surface area contributed by atoms with Gasteiger partial charge in [0.25, 0.3) is 5.91 Å². The zero-order valence-electron chi connectivity index (χ0n) is 14.8. The van der Waals surface area contributed by atoms with Gasteiger partial charge in [-0.2, -0.15) is 0 Å². The zero-order valence-corrected chi connectivity index (χ0v) is 14.8. The highest BCUT2D eigenvalue weighted by molar-refractivity contribution is 5.93. The molecule has 1 aromatic carbocycles. The highest BCUT2D eigenvalue weighted by Gasteiger charge is 2.20. The Morgan fingerprint density at radius 1 is 1.16 bits per heavy atom. The molecular weight excluding hydrogens is 324 g/mol. The van der Waals surface area contributed by atoms with Gasteiger partial charge < -0.3 is 14.4 Å². The number of likely N-dealkylation sites (tertiary alicyclic amines) is 1. The van der Waals surface area contributed by atoms with Crippen LogP contribution in [0.4, 0.5) is 10.5 Å². The van der Waals surface area contributed by atoms with E-state index in [4.69, 9.17) is 9.47 Å². The highest BCUT2D eigenvalue weighted by Crippen LogP contribution is 2.15. The first kappa shape index (κ1) is 18.8. The van der Waals surface area contributed by atoms with Crippen LogP contribution in [0.15, 0.2) is 24.3 Å². The number of nitrogens with one attached hydrogen (secondary N) is 1. The predicted octanol–water partition coefficient (Wildman–Crippen LogP) is 2.81. The average Bonchev–Trinajstić information content (AvgIpc) is 3.05. The number of nitrogens with zero attached hydrogens (tertiary/aromatic N) is 1. The molecule has 0 saturated carbocycles. The number of carbonyl (C=O) groups is 3. The molecule has 0 aliphatic carbocycles. The van der Waals surface area contributed by atoms with Crippen LogP contribution in [0.5, 0.6) is 0 Å². The molecule has 136 valence electrons. The van der Waals surface area contributed by atoms with Crippen LogP contribution in [0.25, 0.3) is 0 Å². The normalized spacial score (nSPS) is 14.1. The Labute approximate surface area is 147 Å². The molecule has 7 heteroatoms. The molecule has 7 nitrogen and oxygen atoms in total. The minimum absolute atomic E-state index is 0.186. The SMILES string of the molecule is CC(C)(C)OC(=O)Nc1cccc(C(=O)OCC(=O)N2CCCC2)c1. The molecule has 0 aromatic heterocycles. The lowest BCUT2D eigenvalue weighted by Gasteiger charge is -2.19. The van der Waals surface area contributed by atoms with Crippen molar-refractivity contribution in [1.29, 1.82) is 0 Å². The van der Waals surface area contributed by atoms with Crippen molar-refractivity contribution in [1.82, 2.24) is 4.90 Å². The van der Waals surface area contributed by atoms with Crippen molar-refractivity contribution in [2.75, 3.05) is 25.0 Å². The number of carbonyl (C=O) groups excluding carboxylic acids is 3. The molecule has 0 atom stereocenters. The summed E-state index contributed by atoms with van der Waals surface area (Å²) in [6.45, 7) is 6.44. The molecule has 1 aliphatic heterocycles. The number of benzene rings is 1. The monoisotopic (exact) mass is 348 g/mol. The van der Waals surface area contributed by atoms with E-state index in [1.54, 1.807) is 43.9 Å². The van der Waals surface area contributed by atoms with Crippen molar-refractivity contribution in [2.24, 2.45) is 0 Å². The first-order valence-electron chi connectivity index (χ1n) is 8.29. The third kappa shape index (κ3) is 6.10. The molecule has 0 spiro atoms. The molecule has 25 heavy (non-hydrogen) atoms. The molecular formula is C18H24N2O5. The van der Waals surface area contributed by atoms with Crippen LogP contribution >= 0.6 is 0 Å². The van der Waals surface area contributed by atoms with E-state index in [9.17, 15) is 14.4 Å². The maximum Gasteiger partial charge on any atom is 0.412 e. The summed E-state index contributed by atoms with van der Waals surface area (Å²) in [6, 6.07) is 6.29. The Morgan fingerprint density at radius 2 is 1.84 bits per heavy atom. The van der Waals surface area contributed by atoms with E-state index >= 15 is 0 Å². The van der Waals surface area contributed by atoms with Crippen LogP contribution < -0.4 is 5.32 Å². The van der Waals surface area contributed by atoms with Crippen molar-refractivity contribution in [2.45, 2.75) is 39.2 Å². The van der Waals surface area contributed by atoms with E-state index < -0.39 is 17.7 Å². The van der Waals surface area contributed by atoms with Gasteiger partial charge in [-0.25, -0.2) is 9.59 Å². The molecule has 1 aromatic rings. The number of hydrogen-bond acceptors (Lipinski definition) is 5. The molecule has 2 amide bonds. The summed E-state index contributed by atoms with van der Waals surface area (Å²) < 4.78 is 10.2. The second kappa shape index (κ2) is 8.00. The fraction of sp³-hybridized carbons (Fsp3) is 0.500. The minimum Gasteiger partial charge on any atom is -0.452 e. The summed E-state index contributed by atoms with van der Waals surface area (Å²) in [4.78, 5) is 37.5. The first-order chi connectivity index (χ1) is 11.7. The number of rotatable bonds is 4. The summed E-state index contributed by atoms with van der Waals surface area (Å²) in [6.07, 6.45) is 1.36. The molecule has 0 unspecified atom stereocenters. The third-order valence-corrected chi connectivity index (χ3v) is 3.53. The van der Waals surface area contributed by atoms with Crippen molar-refractivity contribution in [3.63, 3.8) is 0 Å². The van der Waals surface area contributed by atoms with Crippen LogP contribution in [0.2, 0.25) is 0 Å². The summed E-state index contributed by atoms with van der Waals surface area (Å²) in [5.74, 6) is -0.797. The highest BCUT2D eigenvalue weighted by atomic mass is 16.6. The van der Waals surface area contributed by atoms with Gasteiger partial charge >= 0.3 is 12.1 Å². The van der Waals surface area contributed by atoms with E-state index in [-0.39, 0.29) is 18.1 Å². The van der Waals surface area contributed by atoms with Gasteiger partial charge in [-0.3, -0.25) is 10.1 Å². The lowest BCUT2D eigenvalue weighted by atomic mass is 10.2. The molecule has 0 bridgehead atoms. The van der Waals surface area contributed by atoms with E-state index in [2.05, 4.69) is 5.32 Å². The van der Waals surface area contributed by atoms with Crippen LogP contribution in [0, 0.1) is 0 Å². The van der Waals surface area contributed by atoms with E-state index in [0.29, 0.717) is 18.8 Å². The van der Waals surface area contributed by atoms with Gasteiger partial charge in [0.05, 0.1) is 5.56 Å². The standard InChI is InChI=1S/C18H24N2O5/c1-18(2,3)25-17(23)19-14-8-6-7-13(11-14)16(22)24-12-15(21)20-9-4-5-10-20/h6-8,11H,4-5,9-10,12H2,1-3H3,(H,19,23). The zero-order chi connectivity index (χ0) is 18.4. The first-order valence-corrected chi connectivity index (χ1v) is 8.29. The van der Waals surface area contributed by atoms with Gasteiger partial charge in [0.2, 0.25) is 0 Å². The van der Waals surface area contributed by atoms with E-state index in [1.807, 2.05) is 0 Å². The molecule has 1 heterocycles. The fourth-order valence-corrected chi connectivity index (χ4v) is 2.41. The smallest absolute Gasteiger partial charge is 0.412 e. The summed E-state index contributed by atoms with van der Waals surface area (Å²) >= 11 is 0. The molecule has 1 saturated heterocycles. The Bertz CT molecular complexity index is 645. The van der Waals surface area contributed by atoms with Crippen molar-refractivity contribution in [3.05, 3.63) is 29.8 Å². The van der Waals surface area contributed by atoms with Gasteiger partial charge in [0.1, 0.15) is 5.60 Å². The predicted molar refractivity (Wildman–Crippen MR) is 92.4 cm³/mol. The second-order valence-electron chi connectivity index (χ2n) is 6.87. The molecule has 2 rings (SSSR count). The number of esters is 1. The number of anilines is 1. The van der Waals surface area contributed by atoms with Crippen molar-refractivity contribution >= 4 is 23.7 Å². The number of ether oxygens (including phenoxy) is 2. The van der Waals surface area contributed by atoms with E-state index in [0.717, 1.165) is 12.8 Å². The topological polar surface area (TPSA) is 84.9 Å². The Morgan fingerprint density at radius 3 is 2.48 bits per heavy atom. The van der Waals surface area contributed by atoms with Crippen LogP contribution in [0.3, 0.4) is 0 Å². The van der Waals surface area contributed by atoms with Crippen LogP contribution in [0.1, 0.15) is 44.0 Å². The fourth-order valence-electron chi connectivity index (χ4n) is 2.41. The lowest BCUT2D eigenvalue weighted by Crippen LogP contribution is -2.32. The third-order valence-electron chi connectivity index (χ3n) is 3.53.